The molecule has 2 N–H and O–H groups in total. The van der Waals surface area contributed by atoms with E-state index in [4.69, 9.17) is 5.73 Å². The third-order valence-electron chi connectivity index (χ3n) is 3.70. The van der Waals surface area contributed by atoms with Gasteiger partial charge in [-0.15, -0.1) is 0 Å². The Morgan fingerprint density at radius 3 is 2.67 bits per heavy atom. The van der Waals surface area contributed by atoms with Gasteiger partial charge in [0, 0.05) is 23.0 Å². The average molecular weight is 288 g/mol. The summed E-state index contributed by atoms with van der Waals surface area (Å²) in [7, 11) is 0. The second-order valence-electron chi connectivity index (χ2n) is 5.25. The molecular formula is C16H14F2N2O. The number of anilines is 2. The predicted octanol–water partition coefficient (Wildman–Crippen LogP) is 3.14. The van der Waals surface area contributed by atoms with Gasteiger partial charge in [-0.2, -0.15) is 0 Å². The summed E-state index contributed by atoms with van der Waals surface area (Å²) >= 11 is 0. The van der Waals surface area contributed by atoms with E-state index in [0.29, 0.717) is 12.1 Å². The van der Waals surface area contributed by atoms with Crippen molar-refractivity contribution in [3.63, 3.8) is 0 Å². The van der Waals surface area contributed by atoms with Gasteiger partial charge in [-0.25, -0.2) is 8.78 Å². The van der Waals surface area contributed by atoms with Gasteiger partial charge in [-0.05, 0) is 55.3 Å². The Kier molecular flexibility index (Phi) is 3.12. The van der Waals surface area contributed by atoms with E-state index >= 15 is 0 Å². The zero-order valence-corrected chi connectivity index (χ0v) is 11.4. The minimum Gasteiger partial charge on any atom is -0.399 e. The van der Waals surface area contributed by atoms with Crippen LogP contribution in [0, 0.1) is 11.6 Å². The van der Waals surface area contributed by atoms with Gasteiger partial charge in [-0.3, -0.25) is 4.79 Å². The van der Waals surface area contributed by atoms with Gasteiger partial charge in [-0.1, -0.05) is 0 Å². The molecule has 5 heteroatoms. The summed E-state index contributed by atoms with van der Waals surface area (Å²) in [4.78, 5) is 14.2. The van der Waals surface area contributed by atoms with Crippen LogP contribution in [0.25, 0.3) is 0 Å². The highest BCUT2D eigenvalue weighted by Crippen LogP contribution is 2.34. The van der Waals surface area contributed by atoms with Crippen molar-refractivity contribution < 1.29 is 13.6 Å². The maximum Gasteiger partial charge on any atom is 0.258 e. The number of halogens is 2. The largest absolute Gasteiger partial charge is 0.399 e. The van der Waals surface area contributed by atoms with E-state index in [1.54, 1.807) is 17.0 Å². The number of benzene rings is 2. The van der Waals surface area contributed by atoms with Gasteiger partial charge in [0.25, 0.3) is 5.91 Å². The molecule has 1 aliphatic rings. The van der Waals surface area contributed by atoms with E-state index in [1.807, 2.05) is 13.0 Å². The van der Waals surface area contributed by atoms with Gasteiger partial charge in [0.15, 0.2) is 11.6 Å². The van der Waals surface area contributed by atoms with E-state index in [9.17, 15) is 13.6 Å². The summed E-state index contributed by atoms with van der Waals surface area (Å²) in [6.45, 7) is 1.91. The summed E-state index contributed by atoms with van der Waals surface area (Å²) in [6.07, 6.45) is 0.690. The molecule has 2 aromatic carbocycles. The number of amides is 1. The van der Waals surface area contributed by atoms with Crippen LogP contribution in [0.3, 0.4) is 0 Å². The zero-order valence-electron chi connectivity index (χ0n) is 11.4. The van der Waals surface area contributed by atoms with Crippen molar-refractivity contribution in [3.05, 3.63) is 59.2 Å². The summed E-state index contributed by atoms with van der Waals surface area (Å²) in [6, 6.07) is 8.48. The lowest BCUT2D eigenvalue weighted by Crippen LogP contribution is -2.35. The van der Waals surface area contributed by atoms with Crippen molar-refractivity contribution in [2.75, 3.05) is 10.6 Å². The van der Waals surface area contributed by atoms with Crippen LogP contribution in [0.5, 0.6) is 0 Å². The maximum absolute atomic E-state index is 13.3. The van der Waals surface area contributed by atoms with Crippen LogP contribution in [0.1, 0.15) is 22.8 Å². The van der Waals surface area contributed by atoms with Crippen molar-refractivity contribution >= 4 is 17.3 Å². The Hall–Kier alpha value is -2.43. The molecule has 1 unspecified atom stereocenters. The fraction of sp³-hybridized carbons (Fsp3) is 0.188. The number of hydrogen-bond acceptors (Lipinski definition) is 2. The van der Waals surface area contributed by atoms with Gasteiger partial charge < -0.3 is 10.6 Å². The highest BCUT2D eigenvalue weighted by atomic mass is 19.2. The number of fused-ring (bicyclic) bond motifs is 1. The van der Waals surface area contributed by atoms with Crippen LogP contribution >= 0.6 is 0 Å². The SMILES string of the molecule is CC1Cc2cc(N)ccc2N1C(=O)c1ccc(F)c(F)c1. The summed E-state index contributed by atoms with van der Waals surface area (Å²) in [5.41, 5.74) is 8.28. The Bertz CT molecular complexity index is 730. The quantitative estimate of drug-likeness (QED) is 0.819. The molecule has 1 heterocycles. The third kappa shape index (κ3) is 2.24. The fourth-order valence-electron chi connectivity index (χ4n) is 2.73. The molecule has 0 saturated heterocycles. The summed E-state index contributed by atoms with van der Waals surface area (Å²) in [5.74, 6) is -2.33. The number of nitrogens with zero attached hydrogens (tertiary/aromatic N) is 1. The second kappa shape index (κ2) is 4.84. The van der Waals surface area contributed by atoms with Crippen LogP contribution in [-0.2, 0) is 6.42 Å². The van der Waals surface area contributed by atoms with Gasteiger partial charge in [0.2, 0.25) is 0 Å². The molecule has 0 fully saturated rings. The smallest absolute Gasteiger partial charge is 0.258 e. The average Bonchev–Trinajstić information content (AvgIpc) is 2.76. The summed E-state index contributed by atoms with van der Waals surface area (Å²) < 4.78 is 26.3. The number of hydrogen-bond donors (Lipinski definition) is 1. The standard InChI is InChI=1S/C16H14F2N2O/c1-9-6-11-7-12(19)3-5-15(11)20(9)16(21)10-2-4-13(17)14(18)8-10/h2-5,7-9H,6,19H2,1H3. The second-order valence-corrected chi connectivity index (χ2v) is 5.25. The predicted molar refractivity (Wildman–Crippen MR) is 77.2 cm³/mol. The van der Waals surface area contributed by atoms with Crippen LogP contribution < -0.4 is 10.6 Å². The zero-order chi connectivity index (χ0) is 15.1. The maximum atomic E-state index is 13.3. The molecule has 0 bridgehead atoms. The molecule has 21 heavy (non-hydrogen) atoms. The molecule has 1 amide bonds. The molecular weight excluding hydrogens is 274 g/mol. The number of carbonyl (C=O) groups excluding carboxylic acids is 1. The highest BCUT2D eigenvalue weighted by molar-refractivity contribution is 6.07. The number of carbonyl (C=O) groups is 1. The number of nitrogen functional groups attached to an aromatic ring is 1. The molecule has 2 aromatic rings. The molecule has 0 aliphatic carbocycles. The van der Waals surface area contributed by atoms with Gasteiger partial charge in [0.05, 0.1) is 0 Å². The van der Waals surface area contributed by atoms with Crippen molar-refractivity contribution in [1.82, 2.24) is 0 Å². The van der Waals surface area contributed by atoms with Crippen LogP contribution in [-0.4, -0.2) is 11.9 Å². The first-order valence-electron chi connectivity index (χ1n) is 6.64. The first-order chi connectivity index (χ1) is 9.97. The Morgan fingerprint density at radius 1 is 1.19 bits per heavy atom. The minimum atomic E-state index is -1.02. The van der Waals surface area contributed by atoms with Crippen molar-refractivity contribution in [2.45, 2.75) is 19.4 Å². The lowest BCUT2D eigenvalue weighted by atomic mass is 10.1. The molecule has 3 rings (SSSR count). The number of nitrogens with two attached hydrogens (primary N) is 1. The Labute approximate surface area is 121 Å². The van der Waals surface area contributed by atoms with Crippen LogP contribution in [0.15, 0.2) is 36.4 Å². The van der Waals surface area contributed by atoms with Crippen molar-refractivity contribution in [3.8, 4) is 0 Å². The van der Waals surface area contributed by atoms with Crippen molar-refractivity contribution in [1.29, 1.82) is 0 Å². The fourth-order valence-corrected chi connectivity index (χ4v) is 2.73. The first-order valence-corrected chi connectivity index (χ1v) is 6.64. The highest BCUT2D eigenvalue weighted by Gasteiger charge is 2.31. The molecule has 108 valence electrons. The molecule has 1 atom stereocenters. The summed E-state index contributed by atoms with van der Waals surface area (Å²) in [5, 5.41) is 0. The molecule has 1 aliphatic heterocycles. The molecule has 0 saturated carbocycles. The van der Waals surface area contributed by atoms with Crippen LogP contribution in [0.4, 0.5) is 20.2 Å². The minimum absolute atomic E-state index is 0.0533. The normalized spacial score (nSPS) is 16.9. The van der Waals surface area contributed by atoms with E-state index < -0.39 is 11.6 Å². The molecule has 3 nitrogen and oxygen atoms in total. The topological polar surface area (TPSA) is 46.3 Å². The monoisotopic (exact) mass is 288 g/mol. The molecule has 0 spiro atoms. The van der Waals surface area contributed by atoms with Crippen molar-refractivity contribution in [2.24, 2.45) is 0 Å². The lowest BCUT2D eigenvalue weighted by molar-refractivity contribution is 0.0981. The van der Waals surface area contributed by atoms with E-state index in [0.717, 1.165) is 23.4 Å². The van der Waals surface area contributed by atoms with Gasteiger partial charge in [0.1, 0.15) is 0 Å². The Morgan fingerprint density at radius 2 is 1.95 bits per heavy atom. The molecule has 0 radical (unpaired) electrons. The van der Waals surface area contributed by atoms with E-state index in [2.05, 4.69) is 0 Å². The number of rotatable bonds is 1. The van der Waals surface area contributed by atoms with Gasteiger partial charge >= 0.3 is 0 Å². The Balaban J connectivity index is 2.00. The van der Waals surface area contributed by atoms with E-state index in [-0.39, 0.29) is 17.5 Å². The van der Waals surface area contributed by atoms with Crippen LogP contribution in [0.2, 0.25) is 0 Å². The van der Waals surface area contributed by atoms with E-state index in [1.165, 1.54) is 6.07 Å². The molecule has 0 aromatic heterocycles. The third-order valence-corrected chi connectivity index (χ3v) is 3.70. The lowest BCUT2D eigenvalue weighted by Gasteiger charge is -2.23. The first kappa shape index (κ1) is 13.5.